The molecule has 0 aliphatic heterocycles. The summed E-state index contributed by atoms with van der Waals surface area (Å²) in [5, 5.41) is 7.99. The molecule has 6 heteroatoms. The van der Waals surface area contributed by atoms with Crippen molar-refractivity contribution in [1.82, 2.24) is 0 Å². The molecule has 3 N–H and O–H groups in total. The number of rotatable bonds is 5. The minimum absolute atomic E-state index is 0.173. The fraction of sp³-hybridized carbons (Fsp3) is 0.500. The molecule has 1 aromatic rings. The van der Waals surface area contributed by atoms with Gasteiger partial charge in [-0.2, -0.15) is 0 Å². The number of hydrogen-bond acceptors (Lipinski definition) is 3. The van der Waals surface area contributed by atoms with Gasteiger partial charge in [-0.05, 0) is 37.5 Å². The first-order valence-corrected chi connectivity index (χ1v) is 7.50. The van der Waals surface area contributed by atoms with Crippen LogP contribution in [0.4, 0.5) is 10.1 Å². The van der Waals surface area contributed by atoms with Crippen molar-refractivity contribution in [2.24, 2.45) is 11.1 Å². The van der Waals surface area contributed by atoms with E-state index in [1.807, 2.05) is 6.92 Å². The molecule has 2 rings (SSSR count). The molecule has 1 fully saturated rings. The van der Waals surface area contributed by atoms with Crippen LogP contribution in [0.5, 0.6) is 0 Å². The van der Waals surface area contributed by atoms with Crippen LogP contribution in [0, 0.1) is 11.7 Å². The molecule has 0 bridgehead atoms. The van der Waals surface area contributed by atoms with Crippen molar-refractivity contribution in [2.45, 2.75) is 37.1 Å². The summed E-state index contributed by atoms with van der Waals surface area (Å²) in [7, 11) is -3.85. The molecule has 0 amide bonds. The van der Waals surface area contributed by atoms with Gasteiger partial charge in [0, 0.05) is 6.04 Å². The van der Waals surface area contributed by atoms with E-state index < -0.39 is 15.8 Å². The maximum Gasteiger partial charge on any atom is 0.238 e. The molecule has 1 saturated carbocycles. The molecule has 100 valence electrons. The number of hydrogen-bond donors (Lipinski definition) is 2. The number of nitrogens with two attached hydrogens (primary N) is 1. The third-order valence-corrected chi connectivity index (χ3v) is 3.97. The molecule has 1 aromatic carbocycles. The van der Waals surface area contributed by atoms with Crippen LogP contribution in [-0.4, -0.2) is 14.5 Å². The van der Waals surface area contributed by atoms with E-state index in [0.29, 0.717) is 5.69 Å². The van der Waals surface area contributed by atoms with Gasteiger partial charge in [-0.1, -0.05) is 12.8 Å². The van der Waals surface area contributed by atoms with Gasteiger partial charge in [-0.3, -0.25) is 0 Å². The van der Waals surface area contributed by atoms with Gasteiger partial charge in [-0.25, -0.2) is 17.9 Å². The van der Waals surface area contributed by atoms with Gasteiger partial charge in [-0.15, -0.1) is 0 Å². The number of sulfonamides is 1. The van der Waals surface area contributed by atoms with Crippen LogP contribution in [0.15, 0.2) is 23.1 Å². The van der Waals surface area contributed by atoms with Crippen LogP contribution >= 0.6 is 0 Å². The van der Waals surface area contributed by atoms with Gasteiger partial charge in [0.25, 0.3) is 0 Å². The molecule has 0 spiro atoms. The van der Waals surface area contributed by atoms with E-state index in [0.717, 1.165) is 18.4 Å². The summed E-state index contributed by atoms with van der Waals surface area (Å²) in [6, 6.07) is 3.84. The Morgan fingerprint density at radius 1 is 1.50 bits per heavy atom. The largest absolute Gasteiger partial charge is 0.380 e. The standard InChI is InChI=1S/C12H17FN2O2S/c1-8(6-9-2-3-9)15-12-5-4-10(7-11(12)13)18(14,16)17/h4-5,7-9,15H,2-3,6H2,1H3,(H2,14,16,17). The van der Waals surface area contributed by atoms with Gasteiger partial charge >= 0.3 is 0 Å². The Hall–Kier alpha value is -1.14. The second-order valence-corrected chi connectivity index (χ2v) is 6.47. The predicted molar refractivity (Wildman–Crippen MR) is 68.2 cm³/mol. The van der Waals surface area contributed by atoms with Gasteiger partial charge < -0.3 is 5.32 Å². The molecule has 0 heterocycles. The second-order valence-electron chi connectivity index (χ2n) is 4.91. The van der Waals surface area contributed by atoms with E-state index in [-0.39, 0.29) is 10.9 Å². The average Bonchev–Trinajstić information content (AvgIpc) is 3.03. The van der Waals surface area contributed by atoms with Crippen molar-refractivity contribution in [3.8, 4) is 0 Å². The SMILES string of the molecule is CC(CC1CC1)Nc1ccc(S(N)(=O)=O)cc1F. The monoisotopic (exact) mass is 272 g/mol. The van der Waals surface area contributed by atoms with Gasteiger partial charge in [0.15, 0.2) is 0 Å². The Kier molecular flexibility index (Phi) is 3.59. The first-order valence-electron chi connectivity index (χ1n) is 5.95. The number of anilines is 1. The van der Waals surface area contributed by atoms with Crippen LogP contribution < -0.4 is 10.5 Å². The normalized spacial score (nSPS) is 17.5. The molecular weight excluding hydrogens is 255 g/mol. The molecule has 4 nitrogen and oxygen atoms in total. The van der Waals surface area contributed by atoms with Gasteiger partial charge in [0.05, 0.1) is 10.6 Å². The molecular formula is C12H17FN2O2S. The third-order valence-electron chi connectivity index (χ3n) is 3.05. The van der Waals surface area contributed by atoms with Crippen molar-refractivity contribution >= 4 is 15.7 Å². The van der Waals surface area contributed by atoms with E-state index in [4.69, 9.17) is 5.14 Å². The van der Waals surface area contributed by atoms with Crippen molar-refractivity contribution in [3.63, 3.8) is 0 Å². The first kappa shape index (κ1) is 13.3. The highest BCUT2D eigenvalue weighted by molar-refractivity contribution is 7.89. The number of halogens is 1. The summed E-state index contributed by atoms with van der Waals surface area (Å²) in [4.78, 5) is -0.208. The molecule has 1 aliphatic rings. The van der Waals surface area contributed by atoms with E-state index in [2.05, 4.69) is 5.32 Å². The minimum atomic E-state index is -3.85. The summed E-state index contributed by atoms with van der Waals surface area (Å²) >= 11 is 0. The smallest absolute Gasteiger partial charge is 0.238 e. The molecule has 0 radical (unpaired) electrons. The van der Waals surface area contributed by atoms with Crippen LogP contribution in [0.3, 0.4) is 0 Å². The Morgan fingerprint density at radius 3 is 2.67 bits per heavy atom. The number of primary sulfonamides is 1. The Labute approximate surface area is 106 Å². The first-order chi connectivity index (χ1) is 8.36. The zero-order valence-corrected chi connectivity index (χ0v) is 11.0. The highest BCUT2D eigenvalue weighted by atomic mass is 32.2. The summed E-state index contributed by atoms with van der Waals surface area (Å²) in [5.74, 6) is 0.156. The van der Waals surface area contributed by atoms with Crippen LogP contribution in [0.2, 0.25) is 0 Å². The maximum absolute atomic E-state index is 13.7. The third kappa shape index (κ3) is 3.43. The van der Waals surface area contributed by atoms with Crippen molar-refractivity contribution in [2.75, 3.05) is 5.32 Å². The van der Waals surface area contributed by atoms with Crippen molar-refractivity contribution < 1.29 is 12.8 Å². The lowest BCUT2D eigenvalue weighted by Crippen LogP contribution is -2.17. The average molecular weight is 272 g/mol. The fourth-order valence-corrected chi connectivity index (χ4v) is 2.49. The Morgan fingerprint density at radius 2 is 2.17 bits per heavy atom. The van der Waals surface area contributed by atoms with E-state index in [9.17, 15) is 12.8 Å². The zero-order chi connectivity index (χ0) is 13.3. The maximum atomic E-state index is 13.7. The predicted octanol–water partition coefficient (Wildman–Crippen LogP) is 2.07. The lowest BCUT2D eigenvalue weighted by atomic mass is 10.1. The van der Waals surface area contributed by atoms with Gasteiger partial charge in [0.2, 0.25) is 10.0 Å². The zero-order valence-electron chi connectivity index (χ0n) is 10.2. The summed E-state index contributed by atoms with van der Waals surface area (Å²) in [6.07, 6.45) is 3.51. The Balaban J connectivity index is 2.09. The summed E-state index contributed by atoms with van der Waals surface area (Å²) in [5.41, 5.74) is 0.315. The van der Waals surface area contributed by atoms with Gasteiger partial charge in [0.1, 0.15) is 5.82 Å². The topological polar surface area (TPSA) is 72.2 Å². The summed E-state index contributed by atoms with van der Waals surface area (Å²) in [6.45, 7) is 1.99. The van der Waals surface area contributed by atoms with Crippen molar-refractivity contribution in [1.29, 1.82) is 0 Å². The second kappa shape index (κ2) is 4.85. The van der Waals surface area contributed by atoms with Crippen LogP contribution in [0.25, 0.3) is 0 Å². The summed E-state index contributed by atoms with van der Waals surface area (Å²) < 4.78 is 35.8. The molecule has 1 atom stereocenters. The van der Waals surface area contributed by atoms with Crippen LogP contribution in [-0.2, 0) is 10.0 Å². The number of nitrogens with one attached hydrogen (secondary N) is 1. The number of benzene rings is 1. The lowest BCUT2D eigenvalue weighted by Gasteiger charge is -2.15. The molecule has 18 heavy (non-hydrogen) atoms. The van der Waals surface area contributed by atoms with E-state index >= 15 is 0 Å². The highest BCUT2D eigenvalue weighted by Crippen LogP contribution is 2.34. The highest BCUT2D eigenvalue weighted by Gasteiger charge is 2.23. The minimum Gasteiger partial charge on any atom is -0.380 e. The Bertz CT molecular complexity index is 541. The van der Waals surface area contributed by atoms with E-state index in [1.165, 1.54) is 25.0 Å². The lowest BCUT2D eigenvalue weighted by molar-refractivity contribution is 0.590. The van der Waals surface area contributed by atoms with Crippen molar-refractivity contribution in [3.05, 3.63) is 24.0 Å². The molecule has 1 aliphatic carbocycles. The quantitative estimate of drug-likeness (QED) is 0.862. The van der Waals surface area contributed by atoms with Crippen LogP contribution in [0.1, 0.15) is 26.2 Å². The van der Waals surface area contributed by atoms with E-state index in [1.54, 1.807) is 0 Å². The molecule has 0 saturated heterocycles. The fourth-order valence-electron chi connectivity index (χ4n) is 1.97. The molecule has 1 unspecified atom stereocenters. The molecule has 0 aromatic heterocycles.